The zero-order valence-electron chi connectivity index (χ0n) is 12.8. The fraction of sp³-hybridized carbons (Fsp3) is 0.923. The highest BCUT2D eigenvalue weighted by molar-refractivity contribution is 5.03. The summed E-state index contributed by atoms with van der Waals surface area (Å²) >= 11 is 0. The quantitative estimate of drug-likeness (QED) is 0.711. The minimum Gasteiger partial charge on any atom is -0.383 e. The molecule has 2 rings (SSSR count). The molecule has 0 amide bonds. The SMILES string of the molecule is CCOC1CC(n2nnnc2CNCCOC)C1(C)C. The van der Waals surface area contributed by atoms with Gasteiger partial charge in [0.2, 0.25) is 0 Å². The topological polar surface area (TPSA) is 74.1 Å². The van der Waals surface area contributed by atoms with Gasteiger partial charge in [0, 0.05) is 25.7 Å². The Kier molecular flexibility index (Phi) is 5.06. The third-order valence-electron chi connectivity index (χ3n) is 4.12. The average Bonchev–Trinajstić information content (AvgIpc) is 2.87. The molecule has 0 aromatic carbocycles. The van der Waals surface area contributed by atoms with E-state index in [2.05, 4.69) is 34.7 Å². The Morgan fingerprint density at radius 1 is 1.45 bits per heavy atom. The number of aromatic nitrogens is 4. The van der Waals surface area contributed by atoms with E-state index in [9.17, 15) is 0 Å². The van der Waals surface area contributed by atoms with Gasteiger partial charge in [0.25, 0.3) is 0 Å². The molecule has 1 aromatic heterocycles. The van der Waals surface area contributed by atoms with Gasteiger partial charge in [-0.3, -0.25) is 0 Å². The molecule has 2 unspecified atom stereocenters. The summed E-state index contributed by atoms with van der Waals surface area (Å²) in [7, 11) is 1.69. The van der Waals surface area contributed by atoms with Gasteiger partial charge in [0.15, 0.2) is 5.82 Å². The van der Waals surface area contributed by atoms with Crippen LogP contribution in [0.1, 0.15) is 39.1 Å². The van der Waals surface area contributed by atoms with Gasteiger partial charge in [-0.05, 0) is 23.8 Å². The van der Waals surface area contributed by atoms with Crippen molar-refractivity contribution in [2.45, 2.75) is 45.9 Å². The number of hydrogen-bond acceptors (Lipinski definition) is 6. The molecule has 1 fully saturated rings. The van der Waals surface area contributed by atoms with Gasteiger partial charge in [-0.1, -0.05) is 13.8 Å². The molecular formula is C13H25N5O2. The van der Waals surface area contributed by atoms with Gasteiger partial charge >= 0.3 is 0 Å². The maximum absolute atomic E-state index is 5.76. The van der Waals surface area contributed by atoms with E-state index in [1.54, 1.807) is 7.11 Å². The molecule has 0 aliphatic heterocycles. The number of nitrogens with zero attached hydrogens (tertiary/aromatic N) is 4. The maximum Gasteiger partial charge on any atom is 0.165 e. The second-order valence-electron chi connectivity index (χ2n) is 5.73. The van der Waals surface area contributed by atoms with Crippen LogP contribution in [0.25, 0.3) is 0 Å². The van der Waals surface area contributed by atoms with Crippen LogP contribution in [0.3, 0.4) is 0 Å². The van der Waals surface area contributed by atoms with Crippen molar-refractivity contribution in [1.29, 1.82) is 0 Å². The summed E-state index contributed by atoms with van der Waals surface area (Å²) in [6, 6.07) is 0.299. The Balaban J connectivity index is 1.95. The third kappa shape index (κ3) is 2.99. The molecular weight excluding hydrogens is 258 g/mol. The van der Waals surface area contributed by atoms with Crippen LogP contribution < -0.4 is 5.32 Å². The smallest absolute Gasteiger partial charge is 0.165 e. The Hall–Kier alpha value is -1.05. The fourth-order valence-corrected chi connectivity index (χ4v) is 2.71. The Morgan fingerprint density at radius 3 is 2.90 bits per heavy atom. The molecule has 1 aromatic rings. The van der Waals surface area contributed by atoms with Gasteiger partial charge in [-0.2, -0.15) is 0 Å². The summed E-state index contributed by atoms with van der Waals surface area (Å²) in [4.78, 5) is 0. The molecule has 7 nitrogen and oxygen atoms in total. The standard InChI is InChI=1S/C13H25N5O2/c1-5-20-11-8-10(13(11,2)3)18-12(15-16-17-18)9-14-6-7-19-4/h10-11,14H,5-9H2,1-4H3. The predicted molar refractivity (Wildman–Crippen MR) is 74.2 cm³/mol. The summed E-state index contributed by atoms with van der Waals surface area (Å²) in [5.74, 6) is 0.870. The van der Waals surface area contributed by atoms with Gasteiger partial charge in [0.05, 0.1) is 25.3 Å². The fourth-order valence-electron chi connectivity index (χ4n) is 2.71. The van der Waals surface area contributed by atoms with Gasteiger partial charge in [-0.25, -0.2) is 4.68 Å². The molecule has 2 atom stereocenters. The molecule has 0 radical (unpaired) electrons. The first kappa shape index (κ1) is 15.3. The van der Waals surface area contributed by atoms with Crippen LogP contribution in [0, 0.1) is 5.41 Å². The number of ether oxygens (including phenoxy) is 2. The first-order valence-electron chi connectivity index (χ1n) is 7.19. The number of rotatable bonds is 8. The van der Waals surface area contributed by atoms with Crippen LogP contribution in [0.4, 0.5) is 0 Å². The van der Waals surface area contributed by atoms with E-state index in [1.165, 1.54) is 0 Å². The second-order valence-corrected chi connectivity index (χ2v) is 5.73. The Bertz CT molecular complexity index is 421. The molecule has 1 aliphatic rings. The van der Waals surface area contributed by atoms with Crippen molar-refractivity contribution in [2.75, 3.05) is 26.9 Å². The van der Waals surface area contributed by atoms with E-state index in [1.807, 2.05) is 11.6 Å². The molecule has 20 heavy (non-hydrogen) atoms. The van der Waals surface area contributed by atoms with E-state index in [4.69, 9.17) is 9.47 Å². The largest absolute Gasteiger partial charge is 0.383 e. The monoisotopic (exact) mass is 283 g/mol. The predicted octanol–water partition coefficient (Wildman–Crippen LogP) is 0.785. The first-order chi connectivity index (χ1) is 9.61. The average molecular weight is 283 g/mol. The van der Waals surface area contributed by atoms with Crippen molar-refractivity contribution >= 4 is 0 Å². The lowest BCUT2D eigenvalue weighted by atomic mass is 9.64. The zero-order valence-corrected chi connectivity index (χ0v) is 12.8. The van der Waals surface area contributed by atoms with E-state index in [0.29, 0.717) is 19.2 Å². The highest BCUT2D eigenvalue weighted by atomic mass is 16.5. The molecule has 0 saturated heterocycles. The third-order valence-corrected chi connectivity index (χ3v) is 4.12. The summed E-state index contributed by atoms with van der Waals surface area (Å²) in [5.41, 5.74) is 0.0622. The lowest BCUT2D eigenvalue weighted by molar-refractivity contribution is -0.132. The molecule has 0 bridgehead atoms. The van der Waals surface area contributed by atoms with Crippen molar-refractivity contribution < 1.29 is 9.47 Å². The summed E-state index contributed by atoms with van der Waals surface area (Å²) in [6.45, 7) is 9.34. The van der Waals surface area contributed by atoms with Crippen LogP contribution >= 0.6 is 0 Å². The lowest BCUT2D eigenvalue weighted by Crippen LogP contribution is -2.52. The van der Waals surface area contributed by atoms with E-state index < -0.39 is 0 Å². The minimum atomic E-state index is 0.0622. The summed E-state index contributed by atoms with van der Waals surface area (Å²) < 4.78 is 12.7. The van der Waals surface area contributed by atoms with Crippen LogP contribution in [0.15, 0.2) is 0 Å². The molecule has 1 aliphatic carbocycles. The molecule has 114 valence electrons. The second kappa shape index (κ2) is 6.60. The van der Waals surface area contributed by atoms with Crippen molar-refractivity contribution in [3.8, 4) is 0 Å². The minimum absolute atomic E-state index is 0.0622. The normalized spacial score (nSPS) is 24.6. The highest BCUT2D eigenvalue weighted by Crippen LogP contribution is 2.51. The number of nitrogens with one attached hydrogen (secondary N) is 1. The lowest BCUT2D eigenvalue weighted by Gasteiger charge is -2.51. The van der Waals surface area contributed by atoms with Gasteiger partial charge in [-0.15, -0.1) is 5.10 Å². The van der Waals surface area contributed by atoms with Crippen LogP contribution in [-0.2, 0) is 16.0 Å². The van der Waals surface area contributed by atoms with Gasteiger partial charge < -0.3 is 14.8 Å². The Labute approximate surface area is 120 Å². The number of hydrogen-bond donors (Lipinski definition) is 1. The van der Waals surface area contributed by atoms with E-state index >= 15 is 0 Å². The number of methoxy groups -OCH3 is 1. The molecule has 0 spiro atoms. The molecule has 1 heterocycles. The van der Waals surface area contributed by atoms with Crippen molar-refractivity contribution in [1.82, 2.24) is 25.5 Å². The number of tetrazole rings is 1. The molecule has 1 saturated carbocycles. The van der Waals surface area contributed by atoms with E-state index in [-0.39, 0.29) is 11.5 Å². The van der Waals surface area contributed by atoms with E-state index in [0.717, 1.165) is 25.4 Å². The molecule has 1 N–H and O–H groups in total. The Morgan fingerprint density at radius 2 is 2.25 bits per heavy atom. The van der Waals surface area contributed by atoms with Gasteiger partial charge in [0.1, 0.15) is 0 Å². The zero-order chi connectivity index (χ0) is 14.6. The van der Waals surface area contributed by atoms with Crippen LogP contribution in [-0.4, -0.2) is 53.2 Å². The molecule has 7 heteroatoms. The highest BCUT2D eigenvalue weighted by Gasteiger charge is 2.51. The maximum atomic E-state index is 5.76. The van der Waals surface area contributed by atoms with Crippen molar-refractivity contribution in [3.05, 3.63) is 5.82 Å². The first-order valence-corrected chi connectivity index (χ1v) is 7.19. The summed E-state index contributed by atoms with van der Waals surface area (Å²) in [5, 5.41) is 15.4. The van der Waals surface area contributed by atoms with Crippen LogP contribution in [0.5, 0.6) is 0 Å². The van der Waals surface area contributed by atoms with Crippen molar-refractivity contribution in [2.24, 2.45) is 5.41 Å². The van der Waals surface area contributed by atoms with Crippen molar-refractivity contribution in [3.63, 3.8) is 0 Å². The van der Waals surface area contributed by atoms with Crippen LogP contribution in [0.2, 0.25) is 0 Å². The summed E-state index contributed by atoms with van der Waals surface area (Å²) in [6.07, 6.45) is 1.26.